The van der Waals surface area contributed by atoms with E-state index < -0.39 is 0 Å². The van der Waals surface area contributed by atoms with Crippen molar-refractivity contribution in [1.82, 2.24) is 0 Å². The summed E-state index contributed by atoms with van der Waals surface area (Å²) in [5.41, 5.74) is 0. The molecule has 0 amide bonds. The first-order chi connectivity index (χ1) is 3.91. The molecule has 0 radical (unpaired) electrons. The number of hydrogen-bond acceptors (Lipinski definition) is 3. The Morgan fingerprint density at radius 3 is 3.00 bits per heavy atom. The van der Waals surface area contributed by atoms with Crippen LogP contribution in [0.15, 0.2) is 0 Å². The highest BCUT2D eigenvalue weighted by atomic mass is 35.5. The molecule has 0 bridgehead atoms. The van der Waals surface area contributed by atoms with Crippen LogP contribution in [0.2, 0.25) is 0 Å². The zero-order chi connectivity index (χ0) is 6.24. The van der Waals surface area contributed by atoms with Gasteiger partial charge in [0.25, 0.3) is 6.47 Å². The van der Waals surface area contributed by atoms with E-state index in [2.05, 4.69) is 4.74 Å². The Balaban J connectivity index is 2.62. The van der Waals surface area contributed by atoms with Gasteiger partial charge in [0.15, 0.2) is 0 Å². The molecule has 0 aliphatic heterocycles. The maximum absolute atomic E-state index is 9.50. The Hall–Kier alpha value is 0.110. The summed E-state index contributed by atoms with van der Waals surface area (Å²) in [6.45, 7) is 0.432. The minimum Gasteiger partial charge on any atom is -0.457 e. The van der Waals surface area contributed by atoms with E-state index in [-0.39, 0.29) is 0 Å². The summed E-state index contributed by atoms with van der Waals surface area (Å²) in [5.74, 6) is 1.85. The van der Waals surface area contributed by atoms with Crippen molar-refractivity contribution in [2.75, 3.05) is 17.6 Å². The molecule has 0 atom stereocenters. The maximum Gasteiger partial charge on any atom is 0.293 e. The minimum atomic E-state index is 0.413. The zero-order valence-electron chi connectivity index (χ0n) is 4.30. The van der Waals surface area contributed by atoms with E-state index in [4.69, 9.17) is 11.6 Å². The number of hydrogen-bond donors (Lipinski definition) is 0. The Morgan fingerprint density at radius 2 is 2.50 bits per heavy atom. The van der Waals surface area contributed by atoms with Crippen molar-refractivity contribution in [3.8, 4) is 0 Å². The van der Waals surface area contributed by atoms with Crippen LogP contribution in [-0.2, 0) is 9.53 Å². The quantitative estimate of drug-likeness (QED) is 0.257. The molecule has 2 nitrogen and oxygen atoms in total. The molecule has 0 fully saturated rings. The van der Waals surface area contributed by atoms with Crippen molar-refractivity contribution in [2.45, 2.75) is 0 Å². The molecule has 0 aliphatic carbocycles. The summed E-state index contributed by atoms with van der Waals surface area (Å²) >= 11 is 6.81. The van der Waals surface area contributed by atoms with Crippen LogP contribution in [0.25, 0.3) is 0 Å². The van der Waals surface area contributed by atoms with Crippen LogP contribution in [0.1, 0.15) is 0 Å². The first-order valence-corrected chi connectivity index (χ1v) is 3.79. The summed E-state index contributed by atoms with van der Waals surface area (Å²) in [5, 5.41) is 0. The molecule has 48 valence electrons. The van der Waals surface area contributed by atoms with Crippen molar-refractivity contribution in [3.63, 3.8) is 0 Å². The zero-order valence-corrected chi connectivity index (χ0v) is 5.87. The number of halogens is 1. The van der Waals surface area contributed by atoms with Gasteiger partial charge in [-0.15, -0.1) is 23.4 Å². The van der Waals surface area contributed by atoms with Crippen molar-refractivity contribution in [2.24, 2.45) is 0 Å². The molecule has 0 rings (SSSR count). The third kappa shape index (κ3) is 6.11. The third-order valence-electron chi connectivity index (χ3n) is 0.441. The van der Waals surface area contributed by atoms with Gasteiger partial charge in [-0.05, 0) is 0 Å². The van der Waals surface area contributed by atoms with Gasteiger partial charge >= 0.3 is 0 Å². The first kappa shape index (κ1) is 8.11. The molecule has 0 aliphatic rings. The summed E-state index contributed by atoms with van der Waals surface area (Å²) in [6.07, 6.45) is 0. The van der Waals surface area contributed by atoms with Crippen LogP contribution in [0.4, 0.5) is 0 Å². The van der Waals surface area contributed by atoms with Gasteiger partial charge < -0.3 is 4.74 Å². The number of ether oxygens (including phenoxy) is 1. The van der Waals surface area contributed by atoms with E-state index in [1.54, 1.807) is 0 Å². The van der Waals surface area contributed by atoms with Crippen molar-refractivity contribution >= 4 is 29.8 Å². The van der Waals surface area contributed by atoms with Crippen molar-refractivity contribution in [1.29, 1.82) is 0 Å². The number of rotatable bonds is 5. The summed E-state index contributed by atoms with van der Waals surface area (Å²) in [4.78, 5) is 9.50. The van der Waals surface area contributed by atoms with Crippen LogP contribution >= 0.6 is 23.4 Å². The van der Waals surface area contributed by atoms with Gasteiger partial charge in [0, 0.05) is 11.6 Å². The number of carbonyl (C=O) groups excluding carboxylic acids is 1. The second-order valence-corrected chi connectivity index (χ2v) is 2.41. The average Bonchev–Trinajstić information content (AvgIpc) is 1.81. The number of thioether (sulfide) groups is 1. The lowest BCUT2D eigenvalue weighted by Gasteiger charge is -1.93. The average molecular weight is 155 g/mol. The highest BCUT2D eigenvalue weighted by Gasteiger charge is 1.83. The lowest BCUT2D eigenvalue weighted by molar-refractivity contribution is -0.126. The third-order valence-corrected chi connectivity index (χ3v) is 1.65. The summed E-state index contributed by atoms with van der Waals surface area (Å²) in [6, 6.07) is 0. The van der Waals surface area contributed by atoms with E-state index in [0.29, 0.717) is 18.3 Å². The molecular formula is C4H7ClO2S. The van der Waals surface area contributed by atoms with Gasteiger partial charge in [0.05, 0.1) is 0 Å². The monoisotopic (exact) mass is 154 g/mol. The number of alkyl halides is 1. The maximum atomic E-state index is 9.50. The summed E-state index contributed by atoms with van der Waals surface area (Å²) < 4.78 is 4.36. The fourth-order valence-corrected chi connectivity index (χ4v) is 0.895. The van der Waals surface area contributed by atoms with Crippen LogP contribution in [0.5, 0.6) is 0 Å². The fraction of sp³-hybridized carbons (Fsp3) is 0.750. The largest absolute Gasteiger partial charge is 0.457 e. The van der Waals surface area contributed by atoms with Gasteiger partial charge in [0.1, 0.15) is 5.94 Å². The first-order valence-electron chi connectivity index (χ1n) is 2.10. The van der Waals surface area contributed by atoms with E-state index in [1.165, 1.54) is 11.8 Å². The molecule has 0 aromatic carbocycles. The van der Waals surface area contributed by atoms with E-state index in [1.807, 2.05) is 0 Å². The van der Waals surface area contributed by atoms with E-state index in [9.17, 15) is 4.79 Å². The molecular weight excluding hydrogens is 148 g/mol. The molecule has 0 aromatic heterocycles. The highest BCUT2D eigenvalue weighted by molar-refractivity contribution is 7.99. The summed E-state index contributed by atoms with van der Waals surface area (Å²) in [7, 11) is 0. The lowest BCUT2D eigenvalue weighted by atomic mass is 11.0. The predicted molar refractivity (Wildman–Crippen MR) is 35.2 cm³/mol. The minimum absolute atomic E-state index is 0.413. The molecule has 0 spiro atoms. The van der Waals surface area contributed by atoms with Gasteiger partial charge in [0.2, 0.25) is 0 Å². The van der Waals surface area contributed by atoms with Crippen LogP contribution < -0.4 is 0 Å². The van der Waals surface area contributed by atoms with Gasteiger partial charge in [-0.3, -0.25) is 4.79 Å². The molecule has 0 saturated heterocycles. The van der Waals surface area contributed by atoms with Crippen molar-refractivity contribution in [3.05, 3.63) is 0 Å². The second kappa shape index (κ2) is 7.11. The van der Waals surface area contributed by atoms with Crippen LogP contribution in [-0.4, -0.2) is 24.0 Å². The Labute approximate surface area is 57.5 Å². The molecule has 0 aromatic rings. The van der Waals surface area contributed by atoms with E-state index >= 15 is 0 Å². The highest BCUT2D eigenvalue weighted by Crippen LogP contribution is 1.98. The standard InChI is InChI=1S/C4H7ClO2S/c5-1-2-8-4-7-3-6/h3H,1-2,4H2. The lowest BCUT2D eigenvalue weighted by Crippen LogP contribution is -1.87. The van der Waals surface area contributed by atoms with Crippen LogP contribution in [0.3, 0.4) is 0 Å². The van der Waals surface area contributed by atoms with E-state index in [0.717, 1.165) is 5.75 Å². The smallest absolute Gasteiger partial charge is 0.293 e. The SMILES string of the molecule is O=COCSCCCl. The molecule has 4 heteroatoms. The fourth-order valence-electron chi connectivity index (χ4n) is 0.189. The Morgan fingerprint density at radius 1 is 1.75 bits per heavy atom. The Bertz CT molecular complexity index is 60.0. The normalized spacial score (nSPS) is 8.62. The molecule has 0 heterocycles. The van der Waals surface area contributed by atoms with Gasteiger partial charge in [-0.2, -0.15) is 0 Å². The van der Waals surface area contributed by atoms with Gasteiger partial charge in [-0.1, -0.05) is 0 Å². The molecule has 0 saturated carbocycles. The Kier molecular flexibility index (Phi) is 7.21. The second-order valence-electron chi connectivity index (χ2n) is 0.978. The van der Waals surface area contributed by atoms with Gasteiger partial charge in [-0.25, -0.2) is 0 Å². The molecule has 0 N–H and O–H groups in total. The number of carbonyl (C=O) groups is 1. The predicted octanol–water partition coefficient (Wildman–Crippen LogP) is 1.09. The topological polar surface area (TPSA) is 26.3 Å². The molecule has 8 heavy (non-hydrogen) atoms. The van der Waals surface area contributed by atoms with Crippen LogP contribution in [0, 0.1) is 0 Å². The van der Waals surface area contributed by atoms with Crippen molar-refractivity contribution < 1.29 is 9.53 Å². The molecule has 0 unspecified atom stereocenters.